The predicted molar refractivity (Wildman–Crippen MR) is 75.4 cm³/mol. The molecule has 4 nitrogen and oxygen atoms in total. The van der Waals surface area contributed by atoms with Gasteiger partial charge in [-0.25, -0.2) is 0 Å². The van der Waals surface area contributed by atoms with Gasteiger partial charge in [0.1, 0.15) is 13.2 Å². The van der Waals surface area contributed by atoms with E-state index in [1.807, 2.05) is 0 Å². The standard InChI is InChI=1S/C16H28O4/c1-3-7-13(8-4-1)19-15-11-18-16(12-17-15)20-14-9-5-2-6-10-14/h13-16H,1-12H2/t15-,16-/m0/s1. The molecule has 20 heavy (non-hydrogen) atoms. The Kier molecular flexibility index (Phi) is 5.71. The first-order valence-electron chi connectivity index (χ1n) is 8.44. The molecule has 0 amide bonds. The molecule has 3 rings (SSSR count). The van der Waals surface area contributed by atoms with E-state index in [0.717, 1.165) is 0 Å². The van der Waals surface area contributed by atoms with E-state index in [9.17, 15) is 0 Å². The fourth-order valence-corrected chi connectivity index (χ4v) is 3.46. The second-order valence-corrected chi connectivity index (χ2v) is 6.32. The molecule has 4 heteroatoms. The van der Waals surface area contributed by atoms with Gasteiger partial charge < -0.3 is 18.9 Å². The highest BCUT2D eigenvalue weighted by Gasteiger charge is 2.28. The Hall–Kier alpha value is -0.160. The van der Waals surface area contributed by atoms with Crippen molar-refractivity contribution in [3.8, 4) is 0 Å². The molecule has 1 saturated heterocycles. The quantitative estimate of drug-likeness (QED) is 0.793. The molecule has 1 aliphatic heterocycles. The van der Waals surface area contributed by atoms with E-state index >= 15 is 0 Å². The van der Waals surface area contributed by atoms with Crippen LogP contribution in [0.5, 0.6) is 0 Å². The molecule has 0 aromatic heterocycles. The average Bonchev–Trinajstić information content (AvgIpc) is 2.51. The van der Waals surface area contributed by atoms with E-state index in [-0.39, 0.29) is 12.6 Å². The fourth-order valence-electron chi connectivity index (χ4n) is 3.46. The first kappa shape index (κ1) is 14.8. The van der Waals surface area contributed by atoms with Crippen molar-refractivity contribution in [2.45, 2.75) is 89.0 Å². The van der Waals surface area contributed by atoms with Crippen LogP contribution >= 0.6 is 0 Å². The summed E-state index contributed by atoms with van der Waals surface area (Å²) in [5.41, 5.74) is 0. The molecule has 2 atom stereocenters. The summed E-state index contributed by atoms with van der Waals surface area (Å²) in [5.74, 6) is 0. The van der Waals surface area contributed by atoms with Crippen LogP contribution in [0.25, 0.3) is 0 Å². The minimum atomic E-state index is -0.190. The Labute approximate surface area is 122 Å². The Bertz CT molecular complexity index is 236. The monoisotopic (exact) mass is 284 g/mol. The summed E-state index contributed by atoms with van der Waals surface area (Å²) in [6, 6.07) is 0. The van der Waals surface area contributed by atoms with Gasteiger partial charge in [0.2, 0.25) is 0 Å². The van der Waals surface area contributed by atoms with E-state index < -0.39 is 0 Å². The van der Waals surface area contributed by atoms with E-state index in [0.29, 0.717) is 25.4 Å². The maximum Gasteiger partial charge on any atom is 0.181 e. The average molecular weight is 284 g/mol. The third-order valence-corrected chi connectivity index (χ3v) is 4.63. The lowest BCUT2D eigenvalue weighted by Gasteiger charge is -2.35. The van der Waals surface area contributed by atoms with Crippen molar-refractivity contribution >= 4 is 0 Å². The lowest BCUT2D eigenvalue weighted by Crippen LogP contribution is -2.42. The maximum atomic E-state index is 5.97. The van der Waals surface area contributed by atoms with Crippen LogP contribution < -0.4 is 0 Å². The van der Waals surface area contributed by atoms with Gasteiger partial charge in [-0.1, -0.05) is 38.5 Å². The van der Waals surface area contributed by atoms with Crippen molar-refractivity contribution in [1.29, 1.82) is 0 Å². The minimum absolute atomic E-state index is 0.190. The number of hydrogen-bond acceptors (Lipinski definition) is 4. The zero-order chi connectivity index (χ0) is 13.6. The maximum absolute atomic E-state index is 5.97. The van der Waals surface area contributed by atoms with Crippen molar-refractivity contribution in [3.05, 3.63) is 0 Å². The first-order valence-corrected chi connectivity index (χ1v) is 8.44. The van der Waals surface area contributed by atoms with Gasteiger partial charge in [-0.3, -0.25) is 0 Å². The molecule has 3 aliphatic rings. The topological polar surface area (TPSA) is 36.9 Å². The zero-order valence-electron chi connectivity index (χ0n) is 12.4. The van der Waals surface area contributed by atoms with Crippen molar-refractivity contribution in [3.63, 3.8) is 0 Å². The normalized spacial score (nSPS) is 34.2. The molecular weight excluding hydrogens is 256 g/mol. The molecule has 1 heterocycles. The Balaban J connectivity index is 1.33. The van der Waals surface area contributed by atoms with Crippen molar-refractivity contribution in [2.24, 2.45) is 0 Å². The lowest BCUT2D eigenvalue weighted by atomic mass is 9.98. The van der Waals surface area contributed by atoms with Gasteiger partial charge in [0.15, 0.2) is 12.6 Å². The molecule has 0 aromatic carbocycles. The molecule has 0 spiro atoms. The van der Waals surface area contributed by atoms with E-state index in [4.69, 9.17) is 18.9 Å². The molecule has 2 saturated carbocycles. The van der Waals surface area contributed by atoms with Crippen molar-refractivity contribution in [2.75, 3.05) is 13.2 Å². The van der Waals surface area contributed by atoms with E-state index in [1.165, 1.54) is 64.2 Å². The van der Waals surface area contributed by atoms with Crippen molar-refractivity contribution in [1.82, 2.24) is 0 Å². The largest absolute Gasteiger partial charge is 0.347 e. The molecule has 116 valence electrons. The number of ether oxygens (including phenoxy) is 4. The molecule has 2 aliphatic carbocycles. The van der Waals surface area contributed by atoms with Crippen LogP contribution in [-0.2, 0) is 18.9 Å². The summed E-state index contributed by atoms with van der Waals surface area (Å²) in [6.07, 6.45) is 12.9. The van der Waals surface area contributed by atoms with E-state index in [1.54, 1.807) is 0 Å². The first-order chi connectivity index (χ1) is 9.90. The fraction of sp³-hybridized carbons (Fsp3) is 1.00. The highest BCUT2D eigenvalue weighted by atomic mass is 16.8. The minimum Gasteiger partial charge on any atom is -0.347 e. The summed E-state index contributed by atoms with van der Waals surface area (Å²) in [5, 5.41) is 0. The van der Waals surface area contributed by atoms with Crippen LogP contribution in [0.3, 0.4) is 0 Å². The summed E-state index contributed by atoms with van der Waals surface area (Å²) >= 11 is 0. The van der Waals surface area contributed by atoms with Gasteiger partial charge in [0.05, 0.1) is 12.2 Å². The second kappa shape index (κ2) is 7.74. The third-order valence-electron chi connectivity index (χ3n) is 4.63. The lowest BCUT2D eigenvalue weighted by molar-refractivity contribution is -0.309. The molecule has 0 unspecified atom stereocenters. The van der Waals surface area contributed by atoms with Crippen molar-refractivity contribution < 1.29 is 18.9 Å². The summed E-state index contributed by atoms with van der Waals surface area (Å²) in [6.45, 7) is 1.02. The van der Waals surface area contributed by atoms with Crippen LogP contribution in [0.15, 0.2) is 0 Å². The molecule has 0 radical (unpaired) electrons. The molecule has 3 fully saturated rings. The highest BCUT2D eigenvalue weighted by Crippen LogP contribution is 2.25. The summed E-state index contributed by atoms with van der Waals surface area (Å²) in [7, 11) is 0. The SMILES string of the molecule is C1CCC(O[C@H]2CO[C@@H](OC3CCCCC3)CO2)CC1. The third kappa shape index (κ3) is 4.42. The van der Waals surface area contributed by atoms with Crippen LogP contribution in [-0.4, -0.2) is 38.0 Å². The van der Waals surface area contributed by atoms with E-state index in [2.05, 4.69) is 0 Å². The van der Waals surface area contributed by atoms with Gasteiger partial charge >= 0.3 is 0 Å². The van der Waals surface area contributed by atoms with Gasteiger partial charge in [-0.15, -0.1) is 0 Å². The smallest absolute Gasteiger partial charge is 0.181 e. The summed E-state index contributed by atoms with van der Waals surface area (Å²) < 4.78 is 23.5. The molecule has 0 aromatic rings. The number of rotatable bonds is 4. The van der Waals surface area contributed by atoms with Gasteiger partial charge in [0, 0.05) is 0 Å². The van der Waals surface area contributed by atoms with Gasteiger partial charge in [-0.2, -0.15) is 0 Å². The van der Waals surface area contributed by atoms with Gasteiger partial charge in [-0.05, 0) is 25.7 Å². The Morgan fingerprint density at radius 3 is 1.30 bits per heavy atom. The highest BCUT2D eigenvalue weighted by molar-refractivity contribution is 4.69. The molecule has 0 N–H and O–H groups in total. The predicted octanol–water partition coefficient (Wildman–Crippen LogP) is 3.38. The Morgan fingerprint density at radius 2 is 0.950 bits per heavy atom. The van der Waals surface area contributed by atoms with Crippen LogP contribution in [0.2, 0.25) is 0 Å². The number of hydrogen-bond donors (Lipinski definition) is 0. The second-order valence-electron chi connectivity index (χ2n) is 6.32. The Morgan fingerprint density at radius 1 is 0.550 bits per heavy atom. The zero-order valence-corrected chi connectivity index (χ0v) is 12.4. The molecular formula is C16H28O4. The summed E-state index contributed by atoms with van der Waals surface area (Å²) in [4.78, 5) is 0. The van der Waals surface area contributed by atoms with Gasteiger partial charge in [0.25, 0.3) is 0 Å². The molecule has 0 bridgehead atoms. The van der Waals surface area contributed by atoms with Crippen LogP contribution in [0.4, 0.5) is 0 Å². The van der Waals surface area contributed by atoms with Crippen LogP contribution in [0, 0.1) is 0 Å². The van der Waals surface area contributed by atoms with Crippen LogP contribution in [0.1, 0.15) is 64.2 Å².